The summed E-state index contributed by atoms with van der Waals surface area (Å²) in [6.45, 7) is 2.14. The van der Waals surface area contributed by atoms with Crippen LogP contribution in [-0.2, 0) is 19.6 Å². The van der Waals surface area contributed by atoms with Crippen LogP contribution in [0.4, 0.5) is 0 Å². The van der Waals surface area contributed by atoms with E-state index < -0.39 is 33.1 Å². The van der Waals surface area contributed by atoms with Gasteiger partial charge in [-0.05, 0) is 44.4 Å². The predicted octanol–water partition coefficient (Wildman–Crippen LogP) is 0.466. The molecule has 7 nitrogen and oxygen atoms in total. The maximum Gasteiger partial charge on any atom is 0.311 e. The lowest BCUT2D eigenvalue weighted by atomic mass is 9.88. The fourth-order valence-corrected chi connectivity index (χ4v) is 4.06. The van der Waals surface area contributed by atoms with Crippen LogP contribution in [0.5, 0.6) is 0 Å². The van der Waals surface area contributed by atoms with Crippen molar-refractivity contribution in [2.75, 3.05) is 12.3 Å². The van der Waals surface area contributed by atoms with Crippen LogP contribution in [0.2, 0.25) is 0 Å². The van der Waals surface area contributed by atoms with Crippen molar-refractivity contribution >= 4 is 21.9 Å². The molecular formula is C14H24N2O5S. The first-order chi connectivity index (χ1) is 10.2. The molecule has 0 aliphatic heterocycles. The van der Waals surface area contributed by atoms with Crippen molar-refractivity contribution in [1.29, 1.82) is 0 Å². The highest BCUT2D eigenvalue weighted by atomic mass is 32.2. The first-order valence-electron chi connectivity index (χ1n) is 7.72. The Morgan fingerprint density at radius 3 is 2.27 bits per heavy atom. The monoisotopic (exact) mass is 332 g/mol. The van der Waals surface area contributed by atoms with E-state index in [1.165, 1.54) is 0 Å². The number of sulfonamides is 1. The lowest BCUT2D eigenvalue weighted by molar-refractivity contribution is -0.143. The fraction of sp³-hybridized carbons (Fsp3) is 0.857. The first kappa shape index (κ1) is 17.2. The van der Waals surface area contributed by atoms with Gasteiger partial charge in [0.1, 0.15) is 5.75 Å². The van der Waals surface area contributed by atoms with E-state index in [2.05, 4.69) is 17.0 Å². The van der Waals surface area contributed by atoms with Gasteiger partial charge in [-0.1, -0.05) is 6.92 Å². The van der Waals surface area contributed by atoms with Gasteiger partial charge in [-0.3, -0.25) is 9.59 Å². The number of aliphatic carboxylic acids is 1. The van der Waals surface area contributed by atoms with Gasteiger partial charge in [-0.25, -0.2) is 13.1 Å². The second-order valence-corrected chi connectivity index (χ2v) is 8.45. The SMILES string of the molecule is CC1CCC(NS(=O)(=O)CC(=O)NCC2(C(=O)O)CC2)CC1. The molecule has 0 spiro atoms. The van der Waals surface area contributed by atoms with E-state index >= 15 is 0 Å². The van der Waals surface area contributed by atoms with Crippen LogP contribution in [0.3, 0.4) is 0 Å². The van der Waals surface area contributed by atoms with Gasteiger partial charge in [0.15, 0.2) is 0 Å². The van der Waals surface area contributed by atoms with Crippen molar-refractivity contribution in [2.45, 2.75) is 51.5 Å². The molecule has 0 atom stereocenters. The first-order valence-corrected chi connectivity index (χ1v) is 9.38. The predicted molar refractivity (Wildman–Crippen MR) is 80.7 cm³/mol. The van der Waals surface area contributed by atoms with Crippen molar-refractivity contribution in [3.8, 4) is 0 Å². The molecule has 8 heteroatoms. The zero-order chi connectivity index (χ0) is 16.4. The molecule has 0 bridgehead atoms. The van der Waals surface area contributed by atoms with Gasteiger partial charge < -0.3 is 10.4 Å². The molecule has 2 aliphatic carbocycles. The smallest absolute Gasteiger partial charge is 0.311 e. The van der Waals surface area contributed by atoms with Crippen LogP contribution in [-0.4, -0.2) is 43.7 Å². The Morgan fingerprint density at radius 2 is 1.77 bits per heavy atom. The normalized spacial score (nSPS) is 27.1. The van der Waals surface area contributed by atoms with E-state index in [-0.39, 0.29) is 12.6 Å². The molecule has 3 N–H and O–H groups in total. The van der Waals surface area contributed by atoms with Gasteiger partial charge >= 0.3 is 5.97 Å². The Morgan fingerprint density at radius 1 is 1.18 bits per heavy atom. The van der Waals surface area contributed by atoms with Gasteiger partial charge in [-0.2, -0.15) is 0 Å². The summed E-state index contributed by atoms with van der Waals surface area (Å²) >= 11 is 0. The molecule has 2 rings (SSSR count). The Balaban J connectivity index is 1.76. The largest absolute Gasteiger partial charge is 0.481 e. The molecule has 0 aromatic carbocycles. The number of rotatable bonds is 7. The molecule has 126 valence electrons. The van der Waals surface area contributed by atoms with Gasteiger partial charge in [0.25, 0.3) is 0 Å². The van der Waals surface area contributed by atoms with Crippen molar-refractivity contribution in [3.63, 3.8) is 0 Å². The summed E-state index contributed by atoms with van der Waals surface area (Å²) in [5, 5.41) is 11.4. The lowest BCUT2D eigenvalue weighted by Crippen LogP contribution is -2.43. The molecule has 0 radical (unpaired) electrons. The molecule has 0 unspecified atom stereocenters. The second kappa shape index (κ2) is 6.54. The molecule has 1 amide bonds. The highest BCUT2D eigenvalue weighted by Crippen LogP contribution is 2.45. The summed E-state index contributed by atoms with van der Waals surface area (Å²) in [7, 11) is -3.67. The third-order valence-corrected chi connectivity index (χ3v) is 5.95. The average Bonchev–Trinajstić information content (AvgIpc) is 3.19. The Labute approximate surface area is 130 Å². The number of carbonyl (C=O) groups excluding carboxylic acids is 1. The number of hydrogen-bond acceptors (Lipinski definition) is 4. The third kappa shape index (κ3) is 4.67. The number of carboxylic acids is 1. The molecule has 2 saturated carbocycles. The summed E-state index contributed by atoms with van der Waals surface area (Å²) < 4.78 is 26.5. The van der Waals surface area contributed by atoms with E-state index in [1.54, 1.807) is 0 Å². The van der Waals surface area contributed by atoms with Crippen LogP contribution >= 0.6 is 0 Å². The van der Waals surface area contributed by atoms with E-state index in [0.29, 0.717) is 18.8 Å². The molecule has 2 aliphatic rings. The number of carboxylic acid groups (broad SMARTS) is 1. The minimum Gasteiger partial charge on any atom is -0.481 e. The Bertz CT molecular complexity index is 533. The summed E-state index contributed by atoms with van der Waals surface area (Å²) in [6.07, 6.45) is 4.61. The maximum atomic E-state index is 12.0. The molecule has 0 aromatic heterocycles. The van der Waals surface area contributed by atoms with E-state index in [1.807, 2.05) is 0 Å². The van der Waals surface area contributed by atoms with Crippen LogP contribution in [0, 0.1) is 11.3 Å². The standard InChI is InChI=1S/C14H24N2O5S/c1-10-2-4-11(5-3-10)16-22(20,21)8-12(17)15-9-14(6-7-14)13(18)19/h10-11,16H,2-9H2,1H3,(H,15,17)(H,18,19). The van der Waals surface area contributed by atoms with E-state index in [9.17, 15) is 18.0 Å². The van der Waals surface area contributed by atoms with Crippen molar-refractivity contribution in [1.82, 2.24) is 10.0 Å². The minimum absolute atomic E-state index is 0.00235. The van der Waals surface area contributed by atoms with E-state index in [4.69, 9.17) is 5.11 Å². The number of carbonyl (C=O) groups is 2. The molecule has 0 heterocycles. The molecular weight excluding hydrogens is 308 g/mol. The van der Waals surface area contributed by atoms with Crippen molar-refractivity contribution in [2.24, 2.45) is 11.3 Å². The Kier molecular flexibility index (Phi) is 5.11. The van der Waals surface area contributed by atoms with Gasteiger partial charge in [0.2, 0.25) is 15.9 Å². The quantitative estimate of drug-likeness (QED) is 0.627. The Hall–Kier alpha value is -1.15. The van der Waals surface area contributed by atoms with Gasteiger partial charge in [-0.15, -0.1) is 0 Å². The van der Waals surface area contributed by atoms with Crippen molar-refractivity contribution in [3.05, 3.63) is 0 Å². The zero-order valence-corrected chi connectivity index (χ0v) is 13.6. The minimum atomic E-state index is -3.67. The maximum absolute atomic E-state index is 12.0. The van der Waals surface area contributed by atoms with E-state index in [0.717, 1.165) is 25.7 Å². The third-order valence-electron chi connectivity index (χ3n) is 4.61. The van der Waals surface area contributed by atoms with Crippen LogP contribution in [0.1, 0.15) is 45.4 Å². The highest BCUT2D eigenvalue weighted by Gasteiger charge is 2.50. The number of nitrogens with one attached hydrogen (secondary N) is 2. The average molecular weight is 332 g/mol. The van der Waals surface area contributed by atoms with Crippen molar-refractivity contribution < 1.29 is 23.1 Å². The van der Waals surface area contributed by atoms with Gasteiger partial charge in [0, 0.05) is 12.6 Å². The van der Waals surface area contributed by atoms with Crippen LogP contribution in [0.25, 0.3) is 0 Å². The summed E-state index contributed by atoms with van der Waals surface area (Å²) in [4.78, 5) is 22.7. The zero-order valence-electron chi connectivity index (χ0n) is 12.8. The highest BCUT2D eigenvalue weighted by molar-refractivity contribution is 7.90. The molecule has 0 saturated heterocycles. The molecule has 0 aromatic rings. The van der Waals surface area contributed by atoms with Crippen LogP contribution < -0.4 is 10.0 Å². The summed E-state index contributed by atoms with van der Waals surface area (Å²) in [6, 6.07) is -0.0946. The number of amides is 1. The lowest BCUT2D eigenvalue weighted by Gasteiger charge is -2.26. The summed E-state index contributed by atoms with van der Waals surface area (Å²) in [5.41, 5.74) is -0.883. The second-order valence-electron chi connectivity index (χ2n) is 6.70. The fourth-order valence-electron chi connectivity index (χ4n) is 2.78. The van der Waals surface area contributed by atoms with Crippen LogP contribution in [0.15, 0.2) is 0 Å². The molecule has 22 heavy (non-hydrogen) atoms. The number of hydrogen-bond donors (Lipinski definition) is 3. The molecule has 2 fully saturated rings. The topological polar surface area (TPSA) is 113 Å². The summed E-state index contributed by atoms with van der Waals surface area (Å²) in [5.74, 6) is -1.61. The van der Waals surface area contributed by atoms with Gasteiger partial charge in [0.05, 0.1) is 5.41 Å².